The highest BCUT2D eigenvalue weighted by Crippen LogP contribution is 2.28. The predicted molar refractivity (Wildman–Crippen MR) is 91.3 cm³/mol. The van der Waals surface area contributed by atoms with Crippen molar-refractivity contribution >= 4 is 17.8 Å². The van der Waals surface area contributed by atoms with Gasteiger partial charge in [-0.3, -0.25) is 14.5 Å². The van der Waals surface area contributed by atoms with Gasteiger partial charge in [0, 0.05) is 39.0 Å². The zero-order chi connectivity index (χ0) is 19.0. The van der Waals surface area contributed by atoms with E-state index in [4.69, 9.17) is 4.52 Å². The Morgan fingerprint density at radius 2 is 1.88 bits per heavy atom. The van der Waals surface area contributed by atoms with Crippen LogP contribution >= 0.6 is 0 Å². The van der Waals surface area contributed by atoms with Crippen LogP contribution in [0.4, 0.5) is 4.79 Å². The molecule has 0 saturated carbocycles. The Hall–Kier alpha value is -2.45. The molecular formula is C17H25N5O4. The lowest BCUT2D eigenvalue weighted by molar-refractivity contribution is -0.137. The third-order valence-electron chi connectivity index (χ3n) is 5.21. The first-order valence-electron chi connectivity index (χ1n) is 8.95. The number of hydrogen-bond donors (Lipinski definition) is 0. The first-order chi connectivity index (χ1) is 12.3. The van der Waals surface area contributed by atoms with Gasteiger partial charge in [0.2, 0.25) is 11.8 Å². The first kappa shape index (κ1) is 18.3. The molecule has 9 nitrogen and oxygen atoms in total. The van der Waals surface area contributed by atoms with Crippen molar-refractivity contribution in [3.8, 4) is 0 Å². The maximum Gasteiger partial charge on any atom is 0.326 e. The molecule has 2 aliphatic heterocycles. The van der Waals surface area contributed by atoms with Crippen molar-refractivity contribution in [3.05, 3.63) is 11.7 Å². The molecule has 26 heavy (non-hydrogen) atoms. The van der Waals surface area contributed by atoms with Crippen LogP contribution in [0.25, 0.3) is 0 Å². The standard InChI is InChI=1S/C17H25N5O4/c1-10(2)14-18-15(26-19-14)11-5-7-22(8-6-11)13(23)9-12-16(24)21(4)17(25)20(12)3/h10-12H,5-9H2,1-4H3/t12-/m0/s1. The van der Waals surface area contributed by atoms with Crippen LogP contribution in [0.15, 0.2) is 4.52 Å². The number of carbonyl (C=O) groups excluding carboxylic acids is 3. The molecule has 0 unspecified atom stereocenters. The van der Waals surface area contributed by atoms with Gasteiger partial charge in [-0.15, -0.1) is 0 Å². The first-order valence-corrected chi connectivity index (χ1v) is 8.95. The van der Waals surface area contributed by atoms with Gasteiger partial charge < -0.3 is 14.3 Å². The van der Waals surface area contributed by atoms with E-state index in [1.54, 1.807) is 11.9 Å². The smallest absolute Gasteiger partial charge is 0.326 e. The number of likely N-dealkylation sites (N-methyl/N-ethyl adjacent to an activating group) is 2. The molecule has 0 bridgehead atoms. The largest absolute Gasteiger partial charge is 0.343 e. The van der Waals surface area contributed by atoms with E-state index in [1.807, 2.05) is 13.8 Å². The van der Waals surface area contributed by atoms with E-state index >= 15 is 0 Å². The van der Waals surface area contributed by atoms with E-state index in [9.17, 15) is 14.4 Å². The number of likely N-dealkylation sites (tertiary alicyclic amines) is 1. The number of imide groups is 1. The number of carbonyl (C=O) groups is 3. The summed E-state index contributed by atoms with van der Waals surface area (Å²) >= 11 is 0. The number of hydrogen-bond acceptors (Lipinski definition) is 6. The van der Waals surface area contributed by atoms with Crippen molar-refractivity contribution in [2.24, 2.45) is 0 Å². The van der Waals surface area contributed by atoms with E-state index in [2.05, 4.69) is 10.1 Å². The fourth-order valence-electron chi connectivity index (χ4n) is 3.40. The molecule has 0 radical (unpaired) electrons. The lowest BCUT2D eigenvalue weighted by Gasteiger charge is -2.31. The Kier molecular flexibility index (Phi) is 4.97. The lowest BCUT2D eigenvalue weighted by atomic mass is 9.96. The van der Waals surface area contributed by atoms with Crippen LogP contribution in [-0.4, -0.2) is 75.9 Å². The van der Waals surface area contributed by atoms with Crippen LogP contribution in [0.3, 0.4) is 0 Å². The highest BCUT2D eigenvalue weighted by atomic mass is 16.5. The molecule has 0 spiro atoms. The molecule has 4 amide bonds. The van der Waals surface area contributed by atoms with Crippen molar-refractivity contribution in [1.82, 2.24) is 24.8 Å². The number of piperidine rings is 1. The van der Waals surface area contributed by atoms with Gasteiger partial charge in [0.25, 0.3) is 5.91 Å². The van der Waals surface area contributed by atoms with Crippen LogP contribution in [0, 0.1) is 0 Å². The van der Waals surface area contributed by atoms with E-state index < -0.39 is 6.04 Å². The summed E-state index contributed by atoms with van der Waals surface area (Å²) in [4.78, 5) is 45.1. The number of aromatic nitrogens is 2. The Bertz CT molecular complexity index is 708. The zero-order valence-corrected chi connectivity index (χ0v) is 15.6. The number of rotatable bonds is 4. The maximum absolute atomic E-state index is 12.6. The Labute approximate surface area is 152 Å². The summed E-state index contributed by atoms with van der Waals surface area (Å²) in [5.41, 5.74) is 0. The van der Waals surface area contributed by atoms with Crippen molar-refractivity contribution in [3.63, 3.8) is 0 Å². The summed E-state index contributed by atoms with van der Waals surface area (Å²) in [5.74, 6) is 1.28. The molecule has 1 aromatic heterocycles. The van der Waals surface area contributed by atoms with Crippen molar-refractivity contribution < 1.29 is 18.9 Å². The molecule has 1 aromatic rings. The third-order valence-corrected chi connectivity index (χ3v) is 5.21. The van der Waals surface area contributed by atoms with Crippen LogP contribution in [0.2, 0.25) is 0 Å². The van der Waals surface area contributed by atoms with Crippen LogP contribution in [-0.2, 0) is 9.59 Å². The minimum atomic E-state index is -0.706. The third kappa shape index (κ3) is 3.30. The summed E-state index contributed by atoms with van der Waals surface area (Å²) in [5, 5.41) is 4.00. The fourth-order valence-corrected chi connectivity index (χ4v) is 3.40. The molecule has 3 heterocycles. The average Bonchev–Trinajstić information content (AvgIpc) is 3.19. The predicted octanol–water partition coefficient (Wildman–Crippen LogP) is 1.18. The molecule has 0 aliphatic carbocycles. The van der Waals surface area contributed by atoms with Crippen molar-refractivity contribution in [2.45, 2.75) is 51.0 Å². The molecule has 0 aromatic carbocycles. The minimum absolute atomic E-state index is 0.0220. The summed E-state index contributed by atoms with van der Waals surface area (Å²) in [6.45, 7) is 5.19. The van der Waals surface area contributed by atoms with Gasteiger partial charge >= 0.3 is 6.03 Å². The van der Waals surface area contributed by atoms with Gasteiger partial charge in [0.1, 0.15) is 6.04 Å². The molecule has 142 valence electrons. The summed E-state index contributed by atoms with van der Waals surface area (Å²) < 4.78 is 5.36. The van der Waals surface area contributed by atoms with Crippen LogP contribution in [0.1, 0.15) is 56.7 Å². The summed E-state index contributed by atoms with van der Waals surface area (Å²) in [6, 6.07) is -1.08. The maximum atomic E-state index is 12.6. The highest BCUT2D eigenvalue weighted by Gasteiger charge is 2.42. The monoisotopic (exact) mass is 363 g/mol. The van der Waals surface area contributed by atoms with E-state index in [0.717, 1.165) is 17.7 Å². The van der Waals surface area contributed by atoms with E-state index in [1.165, 1.54) is 11.9 Å². The lowest BCUT2D eigenvalue weighted by Crippen LogP contribution is -2.42. The number of nitrogens with zero attached hydrogens (tertiary/aromatic N) is 5. The van der Waals surface area contributed by atoms with E-state index in [0.29, 0.717) is 24.8 Å². The van der Waals surface area contributed by atoms with Crippen molar-refractivity contribution in [1.29, 1.82) is 0 Å². The molecule has 0 N–H and O–H groups in total. The molecule has 3 rings (SSSR count). The molecule has 1 atom stereocenters. The topological polar surface area (TPSA) is 99.8 Å². The van der Waals surface area contributed by atoms with Gasteiger partial charge in [-0.25, -0.2) is 4.79 Å². The van der Waals surface area contributed by atoms with Gasteiger partial charge in [0.15, 0.2) is 5.82 Å². The van der Waals surface area contributed by atoms with Crippen LogP contribution < -0.4 is 0 Å². The van der Waals surface area contributed by atoms with Gasteiger partial charge in [0.05, 0.1) is 6.42 Å². The second-order valence-electron chi connectivity index (χ2n) is 7.31. The number of urea groups is 1. The number of amides is 4. The van der Waals surface area contributed by atoms with E-state index in [-0.39, 0.29) is 36.1 Å². The van der Waals surface area contributed by atoms with Gasteiger partial charge in [-0.1, -0.05) is 19.0 Å². The van der Waals surface area contributed by atoms with Crippen molar-refractivity contribution in [2.75, 3.05) is 27.2 Å². The summed E-state index contributed by atoms with van der Waals surface area (Å²) in [7, 11) is 2.99. The zero-order valence-electron chi connectivity index (χ0n) is 15.6. The molecule has 2 fully saturated rings. The Balaban J connectivity index is 1.55. The Morgan fingerprint density at radius 3 is 2.38 bits per heavy atom. The summed E-state index contributed by atoms with van der Waals surface area (Å²) in [6.07, 6.45) is 1.52. The Morgan fingerprint density at radius 1 is 1.23 bits per heavy atom. The molecule has 2 aliphatic rings. The highest BCUT2D eigenvalue weighted by molar-refractivity contribution is 6.05. The molecule has 9 heteroatoms. The second-order valence-corrected chi connectivity index (χ2v) is 7.31. The molecule has 2 saturated heterocycles. The second kappa shape index (κ2) is 7.05. The normalized spacial score (nSPS) is 22.0. The quantitative estimate of drug-likeness (QED) is 0.745. The van der Waals surface area contributed by atoms with Gasteiger partial charge in [-0.05, 0) is 12.8 Å². The van der Waals surface area contributed by atoms with Crippen LogP contribution in [0.5, 0.6) is 0 Å². The molecular weight excluding hydrogens is 338 g/mol. The average molecular weight is 363 g/mol. The minimum Gasteiger partial charge on any atom is -0.343 e. The van der Waals surface area contributed by atoms with Gasteiger partial charge in [-0.2, -0.15) is 4.98 Å². The SMILES string of the molecule is CC(C)c1noc(C2CCN(C(=O)C[C@H]3C(=O)N(C)C(=O)N3C)CC2)n1. The fraction of sp³-hybridized carbons (Fsp3) is 0.706.